The van der Waals surface area contributed by atoms with Crippen molar-refractivity contribution in [2.24, 2.45) is 0 Å². The Morgan fingerprint density at radius 2 is 1.52 bits per heavy atom. The minimum absolute atomic E-state index is 0.0581. The van der Waals surface area contributed by atoms with Crippen LogP contribution in [0.15, 0.2) is 53.4 Å². The largest absolute Gasteiger partial charge is 0.405 e. The van der Waals surface area contributed by atoms with E-state index >= 15 is 0 Å². The average molecular weight is 429 g/mol. The van der Waals surface area contributed by atoms with Gasteiger partial charge < -0.3 is 10.2 Å². The first-order valence-corrected chi connectivity index (χ1v) is 10.0. The number of rotatable bonds is 7. The second-order valence-electron chi connectivity index (χ2n) is 6.64. The first kappa shape index (κ1) is 22.7. The first-order valence-electron chi connectivity index (χ1n) is 8.58. The normalized spacial score (nSPS) is 12.1. The topological polar surface area (TPSA) is 69.7 Å². The molecule has 0 saturated heterocycles. The molecule has 0 unspecified atom stereocenters. The van der Waals surface area contributed by atoms with Gasteiger partial charge in [0.25, 0.3) is 5.91 Å². The van der Waals surface area contributed by atoms with Gasteiger partial charge >= 0.3 is 6.18 Å². The maximum Gasteiger partial charge on any atom is 0.405 e. The van der Waals surface area contributed by atoms with Gasteiger partial charge in [-0.15, -0.1) is 0 Å². The van der Waals surface area contributed by atoms with Crippen LogP contribution in [0.25, 0.3) is 0 Å². The Kier molecular flexibility index (Phi) is 6.91. The fourth-order valence-electron chi connectivity index (χ4n) is 2.48. The summed E-state index contributed by atoms with van der Waals surface area (Å²) in [5.74, 6) is -0.930. The maximum atomic E-state index is 12.7. The van der Waals surface area contributed by atoms with E-state index in [1.54, 1.807) is 5.32 Å². The Hall–Kier alpha value is -2.59. The minimum Gasteiger partial charge on any atom is -0.378 e. The summed E-state index contributed by atoms with van der Waals surface area (Å²) < 4.78 is 63.1. The van der Waals surface area contributed by atoms with Crippen molar-refractivity contribution in [2.75, 3.05) is 32.6 Å². The molecule has 0 radical (unpaired) electrons. The fraction of sp³-hybridized carbons (Fsp3) is 0.316. The van der Waals surface area contributed by atoms with E-state index in [9.17, 15) is 26.4 Å². The Balaban J connectivity index is 2.08. The zero-order valence-electron chi connectivity index (χ0n) is 16.2. The maximum absolute atomic E-state index is 12.7. The van der Waals surface area contributed by atoms with Crippen LogP contribution in [-0.4, -0.2) is 52.5 Å². The van der Waals surface area contributed by atoms with Gasteiger partial charge in [0.05, 0.1) is 4.90 Å². The quantitative estimate of drug-likeness (QED) is 0.735. The molecule has 0 aliphatic carbocycles. The summed E-state index contributed by atoms with van der Waals surface area (Å²) in [4.78, 5) is 13.6. The van der Waals surface area contributed by atoms with Crippen molar-refractivity contribution in [3.63, 3.8) is 0 Å². The summed E-state index contributed by atoms with van der Waals surface area (Å²) in [6, 6.07) is 12.2. The predicted molar refractivity (Wildman–Crippen MR) is 104 cm³/mol. The third-order valence-electron chi connectivity index (χ3n) is 4.13. The van der Waals surface area contributed by atoms with Gasteiger partial charge in [-0.25, -0.2) is 8.42 Å². The minimum atomic E-state index is -4.52. The highest BCUT2D eigenvalue weighted by Crippen LogP contribution is 2.19. The summed E-state index contributed by atoms with van der Waals surface area (Å²) in [6.45, 7) is -1.31. The SMILES string of the molecule is CN(C)c1ccc(CN(C)S(=O)(=O)c2ccc(C(=O)NCC(F)(F)F)cc2)cc1. The molecule has 2 aromatic carbocycles. The lowest BCUT2D eigenvalue weighted by atomic mass is 10.2. The van der Waals surface area contributed by atoms with Crippen LogP contribution in [0.5, 0.6) is 0 Å². The monoisotopic (exact) mass is 429 g/mol. The van der Waals surface area contributed by atoms with E-state index < -0.39 is 28.7 Å². The zero-order chi connectivity index (χ0) is 21.8. The number of amides is 1. The van der Waals surface area contributed by atoms with Gasteiger partial charge in [-0.3, -0.25) is 4.79 Å². The molecule has 0 spiro atoms. The van der Waals surface area contributed by atoms with E-state index in [4.69, 9.17) is 0 Å². The van der Waals surface area contributed by atoms with Crippen LogP contribution in [0.1, 0.15) is 15.9 Å². The summed E-state index contributed by atoms with van der Waals surface area (Å²) in [7, 11) is 1.40. The van der Waals surface area contributed by atoms with Crippen molar-refractivity contribution in [1.29, 1.82) is 0 Å². The molecule has 0 atom stereocenters. The molecule has 1 amide bonds. The van der Waals surface area contributed by atoms with E-state index in [1.165, 1.54) is 31.3 Å². The lowest BCUT2D eigenvalue weighted by Gasteiger charge is -2.18. The molecule has 0 aliphatic rings. The van der Waals surface area contributed by atoms with Gasteiger partial charge in [0.15, 0.2) is 0 Å². The van der Waals surface area contributed by atoms with Crippen LogP contribution in [0.4, 0.5) is 18.9 Å². The molecule has 0 aromatic heterocycles. The number of carbonyl (C=O) groups excluding carboxylic acids is 1. The predicted octanol–water partition coefficient (Wildman–Crippen LogP) is 2.87. The molecule has 0 heterocycles. The number of hydrogen-bond acceptors (Lipinski definition) is 4. The van der Waals surface area contributed by atoms with Crippen molar-refractivity contribution in [2.45, 2.75) is 17.6 Å². The van der Waals surface area contributed by atoms with Gasteiger partial charge in [-0.05, 0) is 42.0 Å². The Bertz CT molecular complexity index is 941. The van der Waals surface area contributed by atoms with E-state index in [1.807, 2.05) is 43.3 Å². The highest BCUT2D eigenvalue weighted by Gasteiger charge is 2.28. The smallest absolute Gasteiger partial charge is 0.378 e. The van der Waals surface area contributed by atoms with Crippen LogP contribution in [-0.2, 0) is 16.6 Å². The van der Waals surface area contributed by atoms with Gasteiger partial charge in [-0.2, -0.15) is 17.5 Å². The third kappa shape index (κ3) is 6.20. The molecule has 29 heavy (non-hydrogen) atoms. The summed E-state index contributed by atoms with van der Waals surface area (Å²) in [6.07, 6.45) is -4.52. The number of nitrogens with zero attached hydrogens (tertiary/aromatic N) is 2. The molecule has 10 heteroatoms. The van der Waals surface area contributed by atoms with Crippen molar-refractivity contribution >= 4 is 21.6 Å². The summed E-state index contributed by atoms with van der Waals surface area (Å²) in [5.41, 5.74) is 1.72. The lowest BCUT2D eigenvalue weighted by Crippen LogP contribution is -2.33. The number of sulfonamides is 1. The Morgan fingerprint density at radius 3 is 2.00 bits per heavy atom. The summed E-state index contributed by atoms with van der Waals surface area (Å²) in [5, 5.41) is 1.74. The number of hydrogen-bond donors (Lipinski definition) is 1. The molecular weight excluding hydrogens is 407 g/mol. The molecule has 0 aliphatic heterocycles. The number of anilines is 1. The molecule has 0 fully saturated rings. The molecule has 0 saturated carbocycles. The van der Waals surface area contributed by atoms with Crippen LogP contribution in [0, 0.1) is 0 Å². The molecule has 2 rings (SSSR count). The van der Waals surface area contributed by atoms with Crippen LogP contribution >= 0.6 is 0 Å². The molecule has 6 nitrogen and oxygen atoms in total. The Morgan fingerprint density at radius 1 is 0.966 bits per heavy atom. The molecule has 1 N–H and O–H groups in total. The average Bonchev–Trinajstić information content (AvgIpc) is 2.66. The van der Waals surface area contributed by atoms with Crippen LogP contribution < -0.4 is 10.2 Å². The van der Waals surface area contributed by atoms with Gasteiger partial charge in [0.1, 0.15) is 6.54 Å². The van der Waals surface area contributed by atoms with Crippen LogP contribution in [0.2, 0.25) is 0 Å². The van der Waals surface area contributed by atoms with E-state index in [2.05, 4.69) is 0 Å². The highest BCUT2D eigenvalue weighted by molar-refractivity contribution is 7.89. The molecule has 2 aromatic rings. The number of benzene rings is 2. The van der Waals surface area contributed by atoms with Gasteiger partial charge in [0.2, 0.25) is 10.0 Å². The fourth-order valence-corrected chi connectivity index (χ4v) is 3.64. The highest BCUT2D eigenvalue weighted by atomic mass is 32.2. The first-order chi connectivity index (χ1) is 13.4. The third-order valence-corrected chi connectivity index (χ3v) is 5.95. The summed E-state index contributed by atoms with van der Waals surface area (Å²) >= 11 is 0. The van der Waals surface area contributed by atoms with E-state index in [0.717, 1.165) is 15.6 Å². The van der Waals surface area contributed by atoms with E-state index in [0.29, 0.717) is 0 Å². The van der Waals surface area contributed by atoms with Crippen molar-refractivity contribution in [3.8, 4) is 0 Å². The number of alkyl halides is 3. The van der Waals surface area contributed by atoms with Gasteiger partial charge in [0, 0.05) is 38.9 Å². The number of halogens is 3. The zero-order valence-corrected chi connectivity index (χ0v) is 17.0. The lowest BCUT2D eigenvalue weighted by molar-refractivity contribution is -0.123. The molecular formula is C19H22F3N3O3S. The number of carbonyl (C=O) groups is 1. The second kappa shape index (κ2) is 8.83. The Labute approximate surface area is 168 Å². The second-order valence-corrected chi connectivity index (χ2v) is 8.69. The number of nitrogens with one attached hydrogen (secondary N) is 1. The van der Waals surface area contributed by atoms with E-state index in [-0.39, 0.29) is 17.0 Å². The standard InChI is InChI=1S/C19H22F3N3O3S/c1-24(2)16-8-4-14(5-9-16)12-25(3)29(27,28)17-10-6-15(7-11-17)18(26)23-13-19(20,21)22/h4-11H,12-13H2,1-3H3,(H,23,26). The van der Waals surface area contributed by atoms with Crippen molar-refractivity contribution < 1.29 is 26.4 Å². The molecule has 0 bridgehead atoms. The van der Waals surface area contributed by atoms with Crippen molar-refractivity contribution in [3.05, 3.63) is 59.7 Å². The van der Waals surface area contributed by atoms with Gasteiger partial charge in [-0.1, -0.05) is 12.1 Å². The molecule has 158 valence electrons. The van der Waals surface area contributed by atoms with Crippen LogP contribution in [0.3, 0.4) is 0 Å². The van der Waals surface area contributed by atoms with Crippen molar-refractivity contribution in [1.82, 2.24) is 9.62 Å².